The van der Waals surface area contributed by atoms with Gasteiger partial charge in [0.2, 0.25) is 0 Å². The molecule has 19 heavy (non-hydrogen) atoms. The predicted octanol–water partition coefficient (Wildman–Crippen LogP) is 3.78. The summed E-state index contributed by atoms with van der Waals surface area (Å²) in [7, 11) is 0. The van der Waals surface area contributed by atoms with Crippen LogP contribution in [0.3, 0.4) is 0 Å². The van der Waals surface area contributed by atoms with E-state index in [1.807, 2.05) is 20.8 Å². The van der Waals surface area contributed by atoms with Gasteiger partial charge < -0.3 is 0 Å². The van der Waals surface area contributed by atoms with E-state index in [0.717, 1.165) is 37.0 Å². The van der Waals surface area contributed by atoms with Crippen LogP contribution < -0.4 is 0 Å². The zero-order valence-electron chi connectivity index (χ0n) is 12.5. The van der Waals surface area contributed by atoms with E-state index in [1.54, 1.807) is 0 Å². The van der Waals surface area contributed by atoms with Crippen molar-refractivity contribution in [2.24, 2.45) is 28.6 Å². The first-order valence-electron chi connectivity index (χ1n) is 7.85. The van der Waals surface area contributed by atoms with Crippen LogP contribution in [0.4, 0.5) is 0 Å². The minimum Gasteiger partial charge on any atom is -0.299 e. The normalized spacial score (nSPS) is 40.5. The maximum atomic E-state index is 12.7. The maximum absolute atomic E-state index is 12.7. The Kier molecular flexibility index (Phi) is 2.92. The second kappa shape index (κ2) is 4.17. The summed E-state index contributed by atoms with van der Waals surface area (Å²) >= 11 is 0. The third-order valence-electron chi connectivity index (χ3n) is 5.79. The molecule has 106 valence electrons. The molecule has 0 N–H and O–H groups in total. The minimum atomic E-state index is -0.377. The Morgan fingerprint density at radius 3 is 1.74 bits per heavy atom. The lowest BCUT2D eigenvalue weighted by Gasteiger charge is -2.56. The summed E-state index contributed by atoms with van der Waals surface area (Å²) in [5.74, 6) is 2.72. The molecular weight excluding hydrogens is 236 g/mol. The molecule has 0 aliphatic heterocycles. The van der Waals surface area contributed by atoms with Crippen LogP contribution in [0, 0.1) is 28.6 Å². The molecule has 0 aromatic heterocycles. The van der Waals surface area contributed by atoms with Gasteiger partial charge in [-0.1, -0.05) is 20.8 Å². The third kappa shape index (κ3) is 2.28. The van der Waals surface area contributed by atoms with E-state index >= 15 is 0 Å². The molecule has 0 aromatic rings. The van der Waals surface area contributed by atoms with Crippen LogP contribution in [0.5, 0.6) is 0 Å². The second-order valence-electron chi connectivity index (χ2n) is 8.47. The van der Waals surface area contributed by atoms with E-state index in [1.165, 1.54) is 19.3 Å². The second-order valence-corrected chi connectivity index (χ2v) is 8.47. The molecule has 2 heteroatoms. The van der Waals surface area contributed by atoms with Crippen molar-refractivity contribution in [3.63, 3.8) is 0 Å². The Balaban J connectivity index is 1.75. The fourth-order valence-corrected chi connectivity index (χ4v) is 5.05. The lowest BCUT2D eigenvalue weighted by molar-refractivity contribution is -0.147. The largest absolute Gasteiger partial charge is 0.299 e. The third-order valence-corrected chi connectivity index (χ3v) is 5.79. The topological polar surface area (TPSA) is 34.1 Å². The van der Waals surface area contributed by atoms with E-state index in [0.29, 0.717) is 0 Å². The van der Waals surface area contributed by atoms with Crippen molar-refractivity contribution in [1.29, 1.82) is 0 Å². The zero-order chi connectivity index (χ0) is 13.8. The molecule has 4 aliphatic rings. The molecule has 0 saturated heterocycles. The molecule has 0 amide bonds. The van der Waals surface area contributed by atoms with Crippen LogP contribution in [0.15, 0.2) is 0 Å². The van der Waals surface area contributed by atoms with Gasteiger partial charge in [-0.25, -0.2) is 0 Å². The quantitative estimate of drug-likeness (QED) is 0.725. The van der Waals surface area contributed by atoms with Gasteiger partial charge in [0.1, 0.15) is 11.6 Å². The Morgan fingerprint density at radius 1 is 0.947 bits per heavy atom. The summed E-state index contributed by atoms with van der Waals surface area (Å²) < 4.78 is 0. The van der Waals surface area contributed by atoms with Gasteiger partial charge in [-0.3, -0.25) is 9.59 Å². The van der Waals surface area contributed by atoms with Gasteiger partial charge in [0.05, 0.1) is 6.42 Å². The summed E-state index contributed by atoms with van der Waals surface area (Å²) in [6.45, 7) is 5.76. The van der Waals surface area contributed by atoms with Gasteiger partial charge in [0.15, 0.2) is 0 Å². The number of Topliss-reactive ketones (excluding diaryl/α,β-unsaturated/α-hetero) is 2. The molecule has 0 radical (unpaired) electrons. The smallest absolute Gasteiger partial charge is 0.146 e. The molecule has 0 aromatic carbocycles. The summed E-state index contributed by atoms with van der Waals surface area (Å²) in [6, 6.07) is 0. The first-order chi connectivity index (χ1) is 8.78. The van der Waals surface area contributed by atoms with E-state index in [-0.39, 0.29) is 28.8 Å². The molecule has 4 rings (SSSR count). The van der Waals surface area contributed by atoms with Gasteiger partial charge in [-0.2, -0.15) is 0 Å². The SMILES string of the molecule is CC(C)(C)C(=O)CC(=O)C12CC3CC(CC(C3)C1)C2. The standard InChI is InChI=1S/C17H26O2/c1-16(2,3)14(18)7-15(19)17-8-11-4-12(9-17)6-13(5-11)10-17/h11-13H,4-10H2,1-3H3. The van der Waals surface area contributed by atoms with Crippen molar-refractivity contribution in [3.05, 3.63) is 0 Å². The van der Waals surface area contributed by atoms with Crippen molar-refractivity contribution in [2.45, 2.75) is 65.7 Å². The Bertz CT molecular complexity index is 378. The number of hydrogen-bond donors (Lipinski definition) is 0. The molecule has 4 bridgehead atoms. The highest BCUT2D eigenvalue weighted by molar-refractivity contribution is 6.03. The van der Waals surface area contributed by atoms with Crippen LogP contribution in [0.2, 0.25) is 0 Å². The van der Waals surface area contributed by atoms with E-state index in [9.17, 15) is 9.59 Å². The average molecular weight is 262 g/mol. The molecular formula is C17H26O2. The number of rotatable bonds is 3. The Morgan fingerprint density at radius 2 is 1.37 bits per heavy atom. The number of hydrogen-bond acceptors (Lipinski definition) is 2. The minimum absolute atomic E-state index is 0.102. The summed E-state index contributed by atoms with van der Waals surface area (Å²) in [4.78, 5) is 24.9. The van der Waals surface area contributed by atoms with Gasteiger partial charge >= 0.3 is 0 Å². The first-order valence-corrected chi connectivity index (χ1v) is 7.85. The van der Waals surface area contributed by atoms with Crippen LogP contribution in [0.25, 0.3) is 0 Å². The molecule has 0 atom stereocenters. The number of carbonyl (C=O) groups is 2. The molecule has 0 heterocycles. The van der Waals surface area contributed by atoms with Crippen LogP contribution in [0.1, 0.15) is 65.7 Å². The average Bonchev–Trinajstić information content (AvgIpc) is 2.25. The summed E-state index contributed by atoms with van der Waals surface area (Å²) in [5, 5.41) is 0. The van der Waals surface area contributed by atoms with Gasteiger partial charge in [0, 0.05) is 10.8 Å². The molecule has 0 spiro atoms. The van der Waals surface area contributed by atoms with E-state index < -0.39 is 0 Å². The first kappa shape index (κ1) is 13.3. The van der Waals surface area contributed by atoms with Crippen LogP contribution >= 0.6 is 0 Å². The molecule has 4 aliphatic carbocycles. The number of carbonyl (C=O) groups excluding carboxylic acids is 2. The van der Waals surface area contributed by atoms with E-state index in [4.69, 9.17) is 0 Å². The fourth-order valence-electron chi connectivity index (χ4n) is 5.05. The zero-order valence-corrected chi connectivity index (χ0v) is 12.5. The highest BCUT2D eigenvalue weighted by atomic mass is 16.2. The Hall–Kier alpha value is -0.660. The van der Waals surface area contributed by atoms with Crippen molar-refractivity contribution in [2.75, 3.05) is 0 Å². The van der Waals surface area contributed by atoms with Crippen molar-refractivity contribution in [3.8, 4) is 0 Å². The predicted molar refractivity (Wildman–Crippen MR) is 74.7 cm³/mol. The molecule has 4 fully saturated rings. The van der Waals surface area contributed by atoms with Crippen LogP contribution in [-0.2, 0) is 9.59 Å². The lowest BCUT2D eigenvalue weighted by Crippen LogP contribution is -2.50. The van der Waals surface area contributed by atoms with Crippen molar-refractivity contribution < 1.29 is 9.59 Å². The van der Waals surface area contributed by atoms with Gasteiger partial charge in [-0.05, 0) is 56.3 Å². The fraction of sp³-hybridized carbons (Fsp3) is 0.882. The van der Waals surface area contributed by atoms with Gasteiger partial charge in [0.25, 0.3) is 0 Å². The summed E-state index contributed by atoms with van der Waals surface area (Å²) in [6.07, 6.45) is 7.45. The van der Waals surface area contributed by atoms with Gasteiger partial charge in [-0.15, -0.1) is 0 Å². The monoisotopic (exact) mass is 262 g/mol. The van der Waals surface area contributed by atoms with E-state index in [2.05, 4.69) is 0 Å². The summed E-state index contributed by atoms with van der Waals surface area (Å²) in [5.41, 5.74) is -0.479. The Labute approximate surface area is 116 Å². The lowest BCUT2D eigenvalue weighted by atomic mass is 9.48. The maximum Gasteiger partial charge on any atom is 0.146 e. The molecule has 0 unspecified atom stereocenters. The highest BCUT2D eigenvalue weighted by Crippen LogP contribution is 2.60. The molecule has 4 saturated carbocycles. The molecule has 2 nitrogen and oxygen atoms in total. The highest BCUT2D eigenvalue weighted by Gasteiger charge is 2.54. The van der Waals surface area contributed by atoms with Crippen molar-refractivity contribution in [1.82, 2.24) is 0 Å². The van der Waals surface area contributed by atoms with Crippen molar-refractivity contribution >= 4 is 11.6 Å². The number of ketones is 2. The van der Waals surface area contributed by atoms with Crippen LogP contribution in [-0.4, -0.2) is 11.6 Å².